The maximum Gasteiger partial charge on any atom is 0.0453 e. The van der Waals surface area contributed by atoms with Crippen LogP contribution in [-0.2, 0) is 6.54 Å². The van der Waals surface area contributed by atoms with Crippen molar-refractivity contribution in [3.63, 3.8) is 0 Å². The fourth-order valence-electron chi connectivity index (χ4n) is 1.56. The van der Waals surface area contributed by atoms with Crippen molar-refractivity contribution >= 4 is 11.6 Å². The Kier molecular flexibility index (Phi) is 2.56. The number of aryl methyl sites for hydroxylation is 1. The second-order valence-electron chi connectivity index (χ2n) is 3.72. The molecule has 13 heavy (non-hydrogen) atoms. The Labute approximate surface area is 84.3 Å². The SMILES string of the molecule is Cc1ccc(CN2CCC2)c(Cl)c1. The smallest absolute Gasteiger partial charge is 0.0453 e. The fraction of sp³-hybridized carbons (Fsp3) is 0.455. The number of likely N-dealkylation sites (tertiary alicyclic amines) is 1. The highest BCUT2D eigenvalue weighted by Crippen LogP contribution is 2.21. The molecule has 2 rings (SSSR count). The Morgan fingerprint density at radius 1 is 1.38 bits per heavy atom. The van der Waals surface area contributed by atoms with E-state index >= 15 is 0 Å². The number of nitrogens with zero attached hydrogens (tertiary/aromatic N) is 1. The molecule has 1 nitrogen and oxygen atoms in total. The van der Waals surface area contributed by atoms with Crippen molar-refractivity contribution in [2.75, 3.05) is 13.1 Å². The van der Waals surface area contributed by atoms with E-state index in [1.54, 1.807) is 0 Å². The summed E-state index contributed by atoms with van der Waals surface area (Å²) >= 11 is 6.13. The summed E-state index contributed by atoms with van der Waals surface area (Å²) < 4.78 is 0. The average molecular weight is 196 g/mol. The van der Waals surface area contributed by atoms with Gasteiger partial charge in [-0.25, -0.2) is 0 Å². The van der Waals surface area contributed by atoms with E-state index in [9.17, 15) is 0 Å². The van der Waals surface area contributed by atoms with Gasteiger partial charge in [-0.2, -0.15) is 0 Å². The van der Waals surface area contributed by atoms with Crippen LogP contribution in [0, 0.1) is 6.92 Å². The molecule has 0 N–H and O–H groups in total. The second kappa shape index (κ2) is 3.69. The van der Waals surface area contributed by atoms with Crippen LogP contribution in [0.15, 0.2) is 18.2 Å². The molecule has 0 aromatic heterocycles. The quantitative estimate of drug-likeness (QED) is 0.702. The Morgan fingerprint density at radius 3 is 2.69 bits per heavy atom. The summed E-state index contributed by atoms with van der Waals surface area (Å²) in [6.07, 6.45) is 1.34. The van der Waals surface area contributed by atoms with E-state index in [-0.39, 0.29) is 0 Å². The van der Waals surface area contributed by atoms with Crippen LogP contribution < -0.4 is 0 Å². The van der Waals surface area contributed by atoms with Gasteiger partial charge in [0.1, 0.15) is 0 Å². The van der Waals surface area contributed by atoms with Crippen molar-refractivity contribution in [1.29, 1.82) is 0 Å². The first kappa shape index (κ1) is 9.04. The van der Waals surface area contributed by atoms with Gasteiger partial charge in [-0.05, 0) is 43.6 Å². The number of hydrogen-bond acceptors (Lipinski definition) is 1. The van der Waals surface area contributed by atoms with Gasteiger partial charge >= 0.3 is 0 Å². The average Bonchev–Trinajstić information content (AvgIpc) is 1.99. The molecule has 1 saturated heterocycles. The third kappa shape index (κ3) is 2.04. The van der Waals surface area contributed by atoms with E-state index in [0.29, 0.717) is 0 Å². The third-order valence-electron chi connectivity index (χ3n) is 2.55. The van der Waals surface area contributed by atoms with Gasteiger partial charge < -0.3 is 0 Å². The maximum atomic E-state index is 6.13. The van der Waals surface area contributed by atoms with Gasteiger partial charge in [0.25, 0.3) is 0 Å². The van der Waals surface area contributed by atoms with E-state index in [0.717, 1.165) is 11.6 Å². The highest BCUT2D eigenvalue weighted by atomic mass is 35.5. The zero-order chi connectivity index (χ0) is 9.26. The second-order valence-corrected chi connectivity index (χ2v) is 4.13. The molecule has 0 bridgehead atoms. The molecule has 0 radical (unpaired) electrons. The summed E-state index contributed by atoms with van der Waals surface area (Å²) in [5.41, 5.74) is 2.49. The van der Waals surface area contributed by atoms with Crippen LogP contribution >= 0.6 is 11.6 Å². The summed E-state index contributed by atoms with van der Waals surface area (Å²) in [5, 5.41) is 0.909. The molecule has 70 valence electrons. The first-order chi connectivity index (χ1) is 6.25. The monoisotopic (exact) mass is 195 g/mol. The largest absolute Gasteiger partial charge is 0.299 e. The first-order valence-corrected chi connectivity index (χ1v) is 5.11. The lowest BCUT2D eigenvalue weighted by atomic mass is 10.1. The zero-order valence-electron chi connectivity index (χ0n) is 7.89. The van der Waals surface area contributed by atoms with Gasteiger partial charge in [-0.1, -0.05) is 23.7 Å². The minimum absolute atomic E-state index is 0.909. The lowest BCUT2D eigenvalue weighted by Gasteiger charge is -2.30. The van der Waals surface area contributed by atoms with E-state index in [1.807, 2.05) is 6.07 Å². The Hall–Kier alpha value is -0.530. The van der Waals surface area contributed by atoms with Crippen LogP contribution in [0.5, 0.6) is 0 Å². The third-order valence-corrected chi connectivity index (χ3v) is 2.90. The summed E-state index contributed by atoms with van der Waals surface area (Å²) in [4.78, 5) is 2.41. The van der Waals surface area contributed by atoms with Gasteiger partial charge in [0.2, 0.25) is 0 Å². The molecule has 0 amide bonds. The van der Waals surface area contributed by atoms with E-state index in [2.05, 4.69) is 24.0 Å². The van der Waals surface area contributed by atoms with Crippen LogP contribution in [0.4, 0.5) is 0 Å². The summed E-state index contributed by atoms with van der Waals surface area (Å²) in [6.45, 7) is 5.53. The fourth-order valence-corrected chi connectivity index (χ4v) is 1.86. The van der Waals surface area contributed by atoms with Crippen LogP contribution in [0.2, 0.25) is 5.02 Å². The molecular formula is C11H14ClN. The van der Waals surface area contributed by atoms with Crippen LogP contribution in [0.25, 0.3) is 0 Å². The van der Waals surface area contributed by atoms with Crippen molar-refractivity contribution in [3.05, 3.63) is 34.3 Å². The van der Waals surface area contributed by atoms with Crippen molar-refractivity contribution in [2.45, 2.75) is 19.9 Å². The molecule has 1 aromatic carbocycles. The molecule has 0 aliphatic carbocycles. The summed E-state index contributed by atoms with van der Waals surface area (Å²) in [6, 6.07) is 6.30. The van der Waals surface area contributed by atoms with E-state index < -0.39 is 0 Å². The van der Waals surface area contributed by atoms with Crippen molar-refractivity contribution in [1.82, 2.24) is 4.90 Å². The van der Waals surface area contributed by atoms with Gasteiger partial charge in [0.05, 0.1) is 0 Å². The summed E-state index contributed by atoms with van der Waals surface area (Å²) in [7, 11) is 0. The number of hydrogen-bond donors (Lipinski definition) is 0. The van der Waals surface area contributed by atoms with E-state index in [1.165, 1.54) is 30.6 Å². The number of rotatable bonds is 2. The maximum absolute atomic E-state index is 6.13. The normalized spacial score (nSPS) is 17.1. The lowest BCUT2D eigenvalue weighted by molar-refractivity contribution is 0.172. The van der Waals surface area contributed by atoms with E-state index in [4.69, 9.17) is 11.6 Å². The van der Waals surface area contributed by atoms with Crippen molar-refractivity contribution in [3.8, 4) is 0 Å². The molecule has 1 aliphatic rings. The predicted octanol–water partition coefficient (Wildman–Crippen LogP) is 2.85. The molecule has 0 atom stereocenters. The molecule has 1 heterocycles. The standard InChI is InChI=1S/C11H14ClN/c1-9-3-4-10(11(12)7-9)8-13-5-2-6-13/h3-4,7H,2,5-6,8H2,1H3. The highest BCUT2D eigenvalue weighted by molar-refractivity contribution is 6.31. The van der Waals surface area contributed by atoms with Gasteiger partial charge in [0.15, 0.2) is 0 Å². The van der Waals surface area contributed by atoms with Crippen LogP contribution in [-0.4, -0.2) is 18.0 Å². The first-order valence-electron chi connectivity index (χ1n) is 4.73. The zero-order valence-corrected chi connectivity index (χ0v) is 8.64. The molecule has 1 fully saturated rings. The molecular weight excluding hydrogens is 182 g/mol. The van der Waals surface area contributed by atoms with Crippen molar-refractivity contribution < 1.29 is 0 Å². The predicted molar refractivity (Wildman–Crippen MR) is 56.1 cm³/mol. The Morgan fingerprint density at radius 2 is 2.15 bits per heavy atom. The van der Waals surface area contributed by atoms with Crippen molar-refractivity contribution in [2.24, 2.45) is 0 Å². The Balaban J connectivity index is 2.10. The molecule has 2 heteroatoms. The Bertz CT molecular complexity index is 305. The van der Waals surface area contributed by atoms with Gasteiger partial charge in [-0.15, -0.1) is 0 Å². The van der Waals surface area contributed by atoms with Gasteiger partial charge in [0, 0.05) is 11.6 Å². The lowest BCUT2D eigenvalue weighted by Crippen LogP contribution is -2.36. The van der Waals surface area contributed by atoms with Crippen LogP contribution in [0.3, 0.4) is 0 Å². The minimum Gasteiger partial charge on any atom is -0.299 e. The molecule has 1 aliphatic heterocycles. The van der Waals surface area contributed by atoms with Gasteiger partial charge in [-0.3, -0.25) is 4.90 Å². The highest BCUT2D eigenvalue weighted by Gasteiger charge is 2.14. The number of halogens is 1. The molecule has 0 spiro atoms. The molecule has 0 unspecified atom stereocenters. The minimum atomic E-state index is 0.909. The van der Waals surface area contributed by atoms with Crippen LogP contribution in [0.1, 0.15) is 17.5 Å². The molecule has 1 aromatic rings. The summed E-state index contributed by atoms with van der Waals surface area (Å²) in [5.74, 6) is 0. The number of benzene rings is 1. The topological polar surface area (TPSA) is 3.24 Å². The molecule has 0 saturated carbocycles.